The molecule has 0 radical (unpaired) electrons. The van der Waals surface area contributed by atoms with E-state index in [0.29, 0.717) is 37.6 Å². The molecule has 10 nitrogen and oxygen atoms in total. The maximum Gasteiger partial charge on any atom is 0.407 e. The van der Waals surface area contributed by atoms with E-state index < -0.39 is 36.1 Å². The Kier molecular flexibility index (Phi) is 18.0. The van der Waals surface area contributed by atoms with Crippen LogP contribution in [0.2, 0.25) is 0 Å². The minimum absolute atomic E-state index is 0.0229. The van der Waals surface area contributed by atoms with E-state index in [4.69, 9.17) is 28.4 Å². The first kappa shape index (κ1) is 41.8. The van der Waals surface area contributed by atoms with Gasteiger partial charge in [0.1, 0.15) is 19.3 Å². The van der Waals surface area contributed by atoms with Crippen LogP contribution in [0.3, 0.4) is 0 Å². The molecule has 3 aromatic carbocycles. The third-order valence-electron chi connectivity index (χ3n) is 9.08. The van der Waals surface area contributed by atoms with Gasteiger partial charge in [0.05, 0.1) is 25.7 Å². The molecule has 0 aliphatic rings. The van der Waals surface area contributed by atoms with Crippen molar-refractivity contribution in [1.29, 1.82) is 0 Å². The van der Waals surface area contributed by atoms with E-state index in [-0.39, 0.29) is 37.4 Å². The largest absolute Gasteiger partial charge is 0.493 e. The lowest BCUT2D eigenvalue weighted by Crippen LogP contribution is -2.48. The van der Waals surface area contributed by atoms with Crippen LogP contribution in [0.5, 0.6) is 11.5 Å². The number of esters is 2. The predicted molar refractivity (Wildman–Crippen MR) is 200 cm³/mol. The van der Waals surface area contributed by atoms with Crippen LogP contribution in [0.15, 0.2) is 78.9 Å². The molecule has 0 aliphatic heterocycles. The summed E-state index contributed by atoms with van der Waals surface area (Å²) in [4.78, 5) is 39.6. The maximum atomic E-state index is 13.5. The van der Waals surface area contributed by atoms with Crippen molar-refractivity contribution in [3.8, 4) is 11.5 Å². The van der Waals surface area contributed by atoms with Crippen LogP contribution >= 0.6 is 0 Å². The summed E-state index contributed by atoms with van der Waals surface area (Å²) < 4.78 is 34.1. The fourth-order valence-electron chi connectivity index (χ4n) is 6.02. The predicted octanol–water partition coefficient (Wildman–Crippen LogP) is 7.95. The zero-order valence-corrected chi connectivity index (χ0v) is 31.8. The van der Waals surface area contributed by atoms with Crippen molar-refractivity contribution in [2.45, 2.75) is 85.7 Å². The summed E-state index contributed by atoms with van der Waals surface area (Å²) in [5, 5.41) is 3.03. The second-order valence-electron chi connectivity index (χ2n) is 13.8. The number of ether oxygens (including phenoxy) is 6. The van der Waals surface area contributed by atoms with E-state index in [2.05, 4.69) is 19.2 Å². The molecule has 0 saturated carbocycles. The van der Waals surface area contributed by atoms with Gasteiger partial charge in [-0.15, -0.1) is 0 Å². The van der Waals surface area contributed by atoms with Gasteiger partial charge < -0.3 is 33.7 Å². The number of hydrogen-bond acceptors (Lipinski definition) is 9. The highest BCUT2D eigenvalue weighted by atomic mass is 16.6. The Morgan fingerprint density at radius 3 is 1.90 bits per heavy atom. The number of benzene rings is 3. The SMILES string of the molecule is COCCCOc1cc(C[C@@H](C[C@H](NC(=O)OCc2ccccc2)[C@H](C[C@H](C(=O)OCc2ccccc2)C(C)C)OC(C)=O)C(C)C)ccc1OC. The van der Waals surface area contributed by atoms with E-state index in [9.17, 15) is 14.4 Å². The minimum atomic E-state index is -0.838. The fraction of sp³-hybridized carbons (Fsp3) is 0.500. The number of methoxy groups -OCH3 is 2. The smallest absolute Gasteiger partial charge is 0.407 e. The number of nitrogens with one attached hydrogen (secondary N) is 1. The van der Waals surface area contributed by atoms with Crippen LogP contribution in [0.1, 0.15) is 70.6 Å². The number of hydrogen-bond donors (Lipinski definition) is 1. The zero-order valence-electron chi connectivity index (χ0n) is 31.8. The average Bonchev–Trinajstić information content (AvgIpc) is 3.13. The summed E-state index contributed by atoms with van der Waals surface area (Å²) in [5.41, 5.74) is 2.74. The molecule has 0 saturated heterocycles. The molecule has 1 N–H and O–H groups in total. The lowest BCUT2D eigenvalue weighted by Gasteiger charge is -2.34. The Balaban J connectivity index is 1.89. The number of alkyl carbamates (subject to hydrolysis) is 1. The summed E-state index contributed by atoms with van der Waals surface area (Å²) in [7, 11) is 3.27. The molecule has 3 aromatic rings. The molecule has 0 spiro atoms. The van der Waals surface area contributed by atoms with Crippen molar-refractivity contribution in [1.82, 2.24) is 5.32 Å². The molecule has 0 bridgehead atoms. The molecule has 0 unspecified atom stereocenters. The summed E-state index contributed by atoms with van der Waals surface area (Å²) in [6, 6.07) is 24.1. The molecule has 1 amide bonds. The number of carbonyl (C=O) groups excluding carboxylic acids is 3. The Morgan fingerprint density at radius 1 is 0.712 bits per heavy atom. The Morgan fingerprint density at radius 2 is 1.35 bits per heavy atom. The molecule has 52 heavy (non-hydrogen) atoms. The highest BCUT2D eigenvalue weighted by Crippen LogP contribution is 2.33. The van der Waals surface area contributed by atoms with E-state index in [1.807, 2.05) is 92.7 Å². The maximum absolute atomic E-state index is 13.5. The van der Waals surface area contributed by atoms with Gasteiger partial charge in [-0.3, -0.25) is 9.59 Å². The quantitative estimate of drug-likeness (QED) is 0.0627. The van der Waals surface area contributed by atoms with Crippen LogP contribution in [0.25, 0.3) is 0 Å². The van der Waals surface area contributed by atoms with E-state index >= 15 is 0 Å². The molecular weight excluding hydrogens is 662 g/mol. The van der Waals surface area contributed by atoms with Crippen LogP contribution in [0, 0.1) is 23.7 Å². The number of rotatable bonds is 22. The van der Waals surface area contributed by atoms with Crippen molar-refractivity contribution >= 4 is 18.0 Å². The van der Waals surface area contributed by atoms with Crippen molar-refractivity contribution in [2.24, 2.45) is 23.7 Å². The van der Waals surface area contributed by atoms with E-state index in [1.165, 1.54) is 6.92 Å². The van der Waals surface area contributed by atoms with Crippen molar-refractivity contribution in [3.63, 3.8) is 0 Å². The van der Waals surface area contributed by atoms with E-state index in [1.54, 1.807) is 14.2 Å². The third-order valence-corrected chi connectivity index (χ3v) is 9.08. The molecule has 3 rings (SSSR count). The Bertz CT molecular complexity index is 1500. The molecule has 0 aliphatic carbocycles. The second kappa shape index (κ2) is 22.4. The van der Waals surface area contributed by atoms with Crippen molar-refractivity contribution < 1.29 is 42.8 Å². The van der Waals surface area contributed by atoms with Gasteiger partial charge in [0.25, 0.3) is 0 Å². The Hall–Kier alpha value is -4.57. The summed E-state index contributed by atoms with van der Waals surface area (Å²) in [6.45, 7) is 10.7. The van der Waals surface area contributed by atoms with Crippen LogP contribution in [0.4, 0.5) is 4.79 Å². The monoisotopic (exact) mass is 719 g/mol. The first-order valence-corrected chi connectivity index (χ1v) is 18.1. The Labute approximate surface area is 309 Å². The van der Waals surface area contributed by atoms with Crippen LogP contribution < -0.4 is 14.8 Å². The van der Waals surface area contributed by atoms with Gasteiger partial charge in [-0.2, -0.15) is 0 Å². The van der Waals surface area contributed by atoms with Gasteiger partial charge in [0.15, 0.2) is 11.5 Å². The second-order valence-corrected chi connectivity index (χ2v) is 13.8. The molecular formula is C42H57NO9. The highest BCUT2D eigenvalue weighted by molar-refractivity contribution is 5.73. The molecule has 10 heteroatoms. The third kappa shape index (κ3) is 14.6. The molecule has 284 valence electrons. The lowest BCUT2D eigenvalue weighted by molar-refractivity contribution is -0.158. The first-order chi connectivity index (χ1) is 25.0. The standard InChI is InChI=1S/C42H57NO9/c1-29(2)35(23-34-19-20-38(48-7)40(24-34)49-22-14-21-47-6)25-37(43-42(46)51-28-33-17-12-9-13-18-33)39(52-31(5)44)26-36(30(3)4)41(45)50-27-32-15-10-8-11-16-32/h8-13,15-20,24,29-30,35-37,39H,14,21-23,25-28H2,1-7H3,(H,43,46)/t35-,36-,37-,39-/m0/s1. The van der Waals surface area contributed by atoms with E-state index in [0.717, 1.165) is 23.1 Å². The minimum Gasteiger partial charge on any atom is -0.493 e. The normalized spacial score (nSPS) is 13.5. The zero-order chi connectivity index (χ0) is 37.9. The molecule has 4 atom stereocenters. The number of carbonyl (C=O) groups is 3. The fourth-order valence-corrected chi connectivity index (χ4v) is 6.02. The topological polar surface area (TPSA) is 119 Å². The molecule has 0 heterocycles. The van der Waals surface area contributed by atoms with Gasteiger partial charge in [-0.05, 0) is 65.8 Å². The molecule has 0 aromatic heterocycles. The van der Waals surface area contributed by atoms with Gasteiger partial charge in [-0.1, -0.05) is 94.4 Å². The lowest BCUT2D eigenvalue weighted by atomic mass is 9.80. The van der Waals surface area contributed by atoms with Gasteiger partial charge in [0, 0.05) is 27.1 Å². The summed E-state index contributed by atoms with van der Waals surface area (Å²) in [5.74, 6) is -0.160. The van der Waals surface area contributed by atoms with Gasteiger partial charge >= 0.3 is 18.0 Å². The van der Waals surface area contributed by atoms with Crippen molar-refractivity contribution in [3.05, 3.63) is 95.6 Å². The highest BCUT2D eigenvalue weighted by Gasteiger charge is 2.36. The summed E-state index contributed by atoms with van der Waals surface area (Å²) >= 11 is 0. The van der Waals surface area contributed by atoms with Crippen LogP contribution in [-0.2, 0) is 48.2 Å². The van der Waals surface area contributed by atoms with Gasteiger partial charge in [0.2, 0.25) is 0 Å². The first-order valence-electron chi connectivity index (χ1n) is 18.1. The van der Waals surface area contributed by atoms with Gasteiger partial charge in [-0.25, -0.2) is 4.79 Å². The average molecular weight is 720 g/mol. The molecule has 0 fully saturated rings. The number of amides is 1. The van der Waals surface area contributed by atoms with Crippen LogP contribution in [-0.4, -0.2) is 57.6 Å². The summed E-state index contributed by atoms with van der Waals surface area (Å²) in [6.07, 6.45) is 0.498. The van der Waals surface area contributed by atoms with Crippen molar-refractivity contribution in [2.75, 3.05) is 27.4 Å².